The van der Waals surface area contributed by atoms with Crippen LogP contribution in [0.4, 0.5) is 0 Å². The van der Waals surface area contributed by atoms with E-state index >= 15 is 0 Å². The molecule has 0 radical (unpaired) electrons. The zero-order valence-corrected chi connectivity index (χ0v) is 19.8. The highest BCUT2D eigenvalue weighted by atomic mass is 16.5. The van der Waals surface area contributed by atoms with Crippen LogP contribution in [0.5, 0.6) is 0 Å². The molecular weight excluding hydrogens is 432 g/mol. The molecule has 8 nitrogen and oxygen atoms in total. The molecule has 0 aliphatic carbocycles. The molecule has 1 aliphatic heterocycles. The van der Waals surface area contributed by atoms with Gasteiger partial charge < -0.3 is 14.5 Å². The van der Waals surface area contributed by atoms with Crippen molar-refractivity contribution >= 4 is 23.4 Å². The number of pyridine rings is 1. The quantitative estimate of drug-likeness (QED) is 0.390. The Morgan fingerprint density at radius 1 is 1.15 bits per heavy atom. The summed E-state index contributed by atoms with van der Waals surface area (Å²) in [6.45, 7) is 4.86. The normalized spacial score (nSPS) is 18.1. The summed E-state index contributed by atoms with van der Waals surface area (Å²) in [5.41, 5.74) is 2.97. The van der Waals surface area contributed by atoms with Crippen molar-refractivity contribution in [1.82, 2.24) is 19.6 Å². The van der Waals surface area contributed by atoms with Crippen molar-refractivity contribution in [3.05, 3.63) is 71.2 Å². The van der Waals surface area contributed by atoms with Crippen molar-refractivity contribution < 1.29 is 19.1 Å². The minimum absolute atomic E-state index is 0.0232. The first-order valence-electron chi connectivity index (χ1n) is 11.5. The number of amides is 3. The predicted molar refractivity (Wildman–Crippen MR) is 127 cm³/mol. The van der Waals surface area contributed by atoms with Crippen LogP contribution in [0, 0.1) is 13.8 Å². The highest BCUT2D eigenvalue weighted by Gasteiger charge is 2.53. The molecule has 0 spiro atoms. The number of benzene rings is 1. The van der Waals surface area contributed by atoms with E-state index < -0.39 is 5.41 Å². The number of imidazole rings is 1. The Hall–Kier alpha value is -3.52. The van der Waals surface area contributed by atoms with Crippen molar-refractivity contribution in [2.75, 3.05) is 20.3 Å². The summed E-state index contributed by atoms with van der Waals surface area (Å²) in [6.07, 6.45) is 2.32. The first-order valence-corrected chi connectivity index (χ1v) is 11.5. The fourth-order valence-electron chi connectivity index (χ4n) is 4.76. The second kappa shape index (κ2) is 9.77. The van der Waals surface area contributed by atoms with E-state index in [1.54, 1.807) is 7.11 Å². The molecular formula is C26H30N4O4. The van der Waals surface area contributed by atoms with E-state index in [4.69, 9.17) is 4.74 Å². The number of ether oxygens (including phenoxy) is 1. The zero-order chi connectivity index (χ0) is 24.3. The van der Waals surface area contributed by atoms with Gasteiger partial charge in [-0.3, -0.25) is 19.3 Å². The van der Waals surface area contributed by atoms with Crippen molar-refractivity contribution in [3.63, 3.8) is 0 Å². The fourth-order valence-corrected chi connectivity index (χ4v) is 4.76. The molecule has 8 heteroatoms. The summed E-state index contributed by atoms with van der Waals surface area (Å²) in [5, 5.41) is 2.91. The third kappa shape index (κ3) is 4.46. The van der Waals surface area contributed by atoms with Gasteiger partial charge in [-0.25, -0.2) is 4.98 Å². The standard InChI is InChI=1S/C26H30N4O4/c1-18-8-4-5-10-21(18)26(15-24(32)29(25(26)33)12-7-13-34-3)14-23(31)27-16-20-17-30-19(2)9-6-11-22(30)28-20/h4-6,8-11,17H,7,12-16H2,1-3H3,(H,27,31)/t26-/m0/s1. The van der Waals surface area contributed by atoms with E-state index in [-0.39, 0.29) is 43.7 Å². The average molecular weight is 463 g/mol. The number of methoxy groups -OCH3 is 1. The highest BCUT2D eigenvalue weighted by Crippen LogP contribution is 2.41. The fraction of sp³-hybridized carbons (Fsp3) is 0.385. The van der Waals surface area contributed by atoms with Crippen molar-refractivity contribution in [1.29, 1.82) is 0 Å². The van der Waals surface area contributed by atoms with E-state index in [1.807, 2.05) is 66.9 Å². The molecule has 1 saturated heterocycles. The average Bonchev–Trinajstić information content (AvgIpc) is 3.33. The Kier molecular flexibility index (Phi) is 6.79. The lowest BCUT2D eigenvalue weighted by Gasteiger charge is -2.28. The number of rotatable bonds is 9. The van der Waals surface area contributed by atoms with E-state index in [0.29, 0.717) is 13.0 Å². The number of aryl methyl sites for hydroxylation is 2. The van der Waals surface area contributed by atoms with E-state index in [0.717, 1.165) is 28.2 Å². The number of hydrogen-bond donors (Lipinski definition) is 1. The Morgan fingerprint density at radius 2 is 1.94 bits per heavy atom. The SMILES string of the molecule is COCCCN1C(=O)C[C@@](CC(=O)NCc2cn3c(C)cccc3n2)(c2ccccc2C)C1=O. The Balaban J connectivity index is 1.55. The number of likely N-dealkylation sites (tertiary alicyclic amines) is 1. The number of imide groups is 1. The molecule has 0 saturated carbocycles. The van der Waals surface area contributed by atoms with Gasteiger partial charge in [-0.2, -0.15) is 0 Å². The maximum atomic E-state index is 13.6. The zero-order valence-electron chi connectivity index (χ0n) is 19.8. The van der Waals surface area contributed by atoms with Crippen LogP contribution in [0.1, 0.15) is 41.8 Å². The summed E-state index contributed by atoms with van der Waals surface area (Å²) in [5.74, 6) is -0.869. The number of aromatic nitrogens is 2. The van der Waals surface area contributed by atoms with Crippen LogP contribution in [0.2, 0.25) is 0 Å². The topological polar surface area (TPSA) is 93.0 Å². The van der Waals surface area contributed by atoms with Crippen LogP contribution in [-0.2, 0) is 31.1 Å². The van der Waals surface area contributed by atoms with E-state index in [1.165, 1.54) is 4.90 Å². The van der Waals surface area contributed by atoms with Gasteiger partial charge in [-0.1, -0.05) is 30.3 Å². The first kappa shape index (κ1) is 23.6. The Labute approximate surface area is 198 Å². The monoisotopic (exact) mass is 462 g/mol. The summed E-state index contributed by atoms with van der Waals surface area (Å²) in [4.78, 5) is 45.5. The predicted octanol–water partition coefficient (Wildman–Crippen LogP) is 2.69. The van der Waals surface area contributed by atoms with E-state index in [9.17, 15) is 14.4 Å². The summed E-state index contributed by atoms with van der Waals surface area (Å²) in [7, 11) is 1.58. The molecule has 2 aromatic heterocycles. The number of nitrogens with one attached hydrogen (secondary N) is 1. The largest absolute Gasteiger partial charge is 0.385 e. The van der Waals surface area contributed by atoms with Crippen LogP contribution < -0.4 is 5.32 Å². The van der Waals surface area contributed by atoms with Gasteiger partial charge in [0.2, 0.25) is 17.7 Å². The number of fused-ring (bicyclic) bond motifs is 1. The summed E-state index contributed by atoms with van der Waals surface area (Å²) in [6, 6.07) is 13.3. The van der Waals surface area contributed by atoms with Crippen LogP contribution in [0.3, 0.4) is 0 Å². The second-order valence-electron chi connectivity index (χ2n) is 8.85. The van der Waals surface area contributed by atoms with Gasteiger partial charge in [0.25, 0.3) is 0 Å². The molecule has 178 valence electrons. The van der Waals surface area contributed by atoms with Crippen LogP contribution in [0.15, 0.2) is 48.7 Å². The maximum Gasteiger partial charge on any atom is 0.240 e. The van der Waals surface area contributed by atoms with Gasteiger partial charge in [0.1, 0.15) is 5.65 Å². The molecule has 3 aromatic rings. The van der Waals surface area contributed by atoms with Crippen LogP contribution in [-0.4, -0.2) is 52.3 Å². The number of nitrogens with zero attached hydrogens (tertiary/aromatic N) is 3. The van der Waals surface area contributed by atoms with Gasteiger partial charge in [0.05, 0.1) is 17.7 Å². The highest BCUT2D eigenvalue weighted by molar-refractivity contribution is 6.10. The molecule has 3 amide bonds. The smallest absolute Gasteiger partial charge is 0.240 e. The molecule has 1 aromatic carbocycles. The molecule has 0 bridgehead atoms. The number of carbonyl (C=O) groups is 3. The van der Waals surface area contributed by atoms with Crippen molar-refractivity contribution in [2.45, 2.75) is 45.1 Å². The van der Waals surface area contributed by atoms with Gasteiger partial charge >= 0.3 is 0 Å². The minimum atomic E-state index is -1.21. The Bertz CT molecular complexity index is 1230. The van der Waals surface area contributed by atoms with Crippen LogP contribution in [0.25, 0.3) is 5.65 Å². The first-order chi connectivity index (χ1) is 16.4. The summed E-state index contributed by atoms with van der Waals surface area (Å²) < 4.78 is 7.04. The van der Waals surface area contributed by atoms with Gasteiger partial charge in [0, 0.05) is 45.0 Å². The van der Waals surface area contributed by atoms with Crippen LogP contribution >= 0.6 is 0 Å². The lowest BCUT2D eigenvalue weighted by atomic mass is 9.74. The molecule has 3 heterocycles. The molecule has 1 aliphatic rings. The lowest BCUT2D eigenvalue weighted by molar-refractivity contribution is -0.141. The van der Waals surface area contributed by atoms with Crippen molar-refractivity contribution in [2.24, 2.45) is 0 Å². The van der Waals surface area contributed by atoms with Gasteiger partial charge in [-0.05, 0) is 43.5 Å². The third-order valence-electron chi connectivity index (χ3n) is 6.47. The number of carbonyl (C=O) groups excluding carboxylic acids is 3. The second-order valence-corrected chi connectivity index (χ2v) is 8.85. The van der Waals surface area contributed by atoms with Gasteiger partial charge in [0.15, 0.2) is 0 Å². The molecule has 1 N–H and O–H groups in total. The molecule has 1 atom stereocenters. The molecule has 1 fully saturated rings. The summed E-state index contributed by atoms with van der Waals surface area (Å²) >= 11 is 0. The van der Waals surface area contributed by atoms with Crippen molar-refractivity contribution in [3.8, 4) is 0 Å². The number of hydrogen-bond acceptors (Lipinski definition) is 5. The maximum absolute atomic E-state index is 13.6. The third-order valence-corrected chi connectivity index (χ3v) is 6.47. The lowest BCUT2D eigenvalue weighted by Crippen LogP contribution is -2.43. The van der Waals surface area contributed by atoms with Gasteiger partial charge in [-0.15, -0.1) is 0 Å². The molecule has 0 unspecified atom stereocenters. The molecule has 4 rings (SSSR count). The minimum Gasteiger partial charge on any atom is -0.385 e. The molecule has 34 heavy (non-hydrogen) atoms. The Morgan fingerprint density at radius 3 is 2.68 bits per heavy atom. The van der Waals surface area contributed by atoms with E-state index in [2.05, 4.69) is 10.3 Å².